The van der Waals surface area contributed by atoms with E-state index < -0.39 is 0 Å². The molecule has 166 valence electrons. The van der Waals surface area contributed by atoms with Crippen LogP contribution in [0.25, 0.3) is 0 Å². The van der Waals surface area contributed by atoms with Gasteiger partial charge >= 0.3 is 0 Å². The summed E-state index contributed by atoms with van der Waals surface area (Å²) in [5.74, 6) is -0.429. The second-order valence-electron chi connectivity index (χ2n) is 8.99. The number of hydrogen-bond donors (Lipinski definition) is 1. The molecule has 3 heterocycles. The minimum absolute atomic E-state index is 0.196. The first-order valence-corrected chi connectivity index (χ1v) is 11.7. The van der Waals surface area contributed by atoms with Gasteiger partial charge < -0.3 is 9.80 Å². The Labute approximate surface area is 194 Å². The Bertz CT molecular complexity index is 1060. The van der Waals surface area contributed by atoms with E-state index in [1.807, 2.05) is 4.90 Å². The van der Waals surface area contributed by atoms with Gasteiger partial charge in [0.25, 0.3) is 0 Å². The largest absolute Gasteiger partial charge is 0.369 e. The van der Waals surface area contributed by atoms with Gasteiger partial charge in [-0.15, -0.1) is 0 Å². The van der Waals surface area contributed by atoms with Gasteiger partial charge in [0.05, 0.1) is 0 Å². The molecule has 5 rings (SSSR count). The van der Waals surface area contributed by atoms with Gasteiger partial charge in [0.15, 0.2) is 0 Å². The number of rotatable bonds is 4. The standard InChI is InChI=1S/C25H28N4O2S/c1-17-2-5-20(6-3-17)28-12-10-27(11-13-28)15-18-4-7-21-19(14-18)16-29(25(21)32)22-8-9-23(30)26-24(22)31/h2-7,14,22H,8-13,15-16H2,1H3,(H,26,30,31). The number of thiocarbonyl (C=S) groups is 1. The molecule has 0 aromatic heterocycles. The maximum atomic E-state index is 12.3. The minimum atomic E-state index is -0.356. The Morgan fingerprint density at radius 2 is 1.78 bits per heavy atom. The average molecular weight is 449 g/mol. The van der Waals surface area contributed by atoms with Gasteiger partial charge in [0.1, 0.15) is 11.0 Å². The predicted molar refractivity (Wildman–Crippen MR) is 129 cm³/mol. The normalized spacial score (nSPS) is 21.7. The molecule has 0 radical (unpaired) electrons. The third kappa shape index (κ3) is 4.14. The first-order valence-electron chi connectivity index (χ1n) is 11.3. The van der Waals surface area contributed by atoms with E-state index in [1.54, 1.807) is 0 Å². The van der Waals surface area contributed by atoms with E-state index in [-0.39, 0.29) is 17.9 Å². The van der Waals surface area contributed by atoms with E-state index in [0.717, 1.165) is 38.3 Å². The summed E-state index contributed by atoms with van der Waals surface area (Å²) in [6.07, 6.45) is 0.891. The number of carbonyl (C=O) groups excluding carboxylic acids is 2. The second-order valence-corrected chi connectivity index (χ2v) is 9.38. The highest BCUT2D eigenvalue weighted by atomic mass is 32.1. The van der Waals surface area contributed by atoms with Crippen LogP contribution in [0.5, 0.6) is 0 Å². The van der Waals surface area contributed by atoms with Crippen LogP contribution in [0.15, 0.2) is 42.5 Å². The summed E-state index contributed by atoms with van der Waals surface area (Å²) < 4.78 is 0. The topological polar surface area (TPSA) is 55.9 Å². The highest BCUT2D eigenvalue weighted by molar-refractivity contribution is 7.80. The summed E-state index contributed by atoms with van der Waals surface area (Å²) in [6, 6.07) is 14.9. The predicted octanol–water partition coefficient (Wildman–Crippen LogP) is 2.61. The number of nitrogens with one attached hydrogen (secondary N) is 1. The molecule has 0 aliphatic carbocycles. The summed E-state index contributed by atoms with van der Waals surface area (Å²) in [6.45, 7) is 7.80. The maximum absolute atomic E-state index is 12.3. The first-order chi connectivity index (χ1) is 15.5. The van der Waals surface area contributed by atoms with Gasteiger partial charge in [-0.25, -0.2) is 0 Å². The second kappa shape index (κ2) is 8.64. The molecule has 1 N–H and O–H groups in total. The average Bonchev–Trinajstić information content (AvgIpc) is 3.10. The van der Waals surface area contributed by atoms with Crippen LogP contribution in [-0.2, 0) is 22.7 Å². The summed E-state index contributed by atoms with van der Waals surface area (Å²) in [5, 5.41) is 2.45. The SMILES string of the molecule is Cc1ccc(N2CCN(Cc3ccc4c(c3)CN(C3CCC(=O)NC3=O)C4=S)CC2)cc1. The van der Waals surface area contributed by atoms with E-state index >= 15 is 0 Å². The van der Waals surface area contributed by atoms with E-state index in [1.165, 1.54) is 22.4 Å². The molecule has 0 bridgehead atoms. The molecule has 32 heavy (non-hydrogen) atoms. The number of amides is 2. The number of anilines is 1. The summed E-state index contributed by atoms with van der Waals surface area (Å²) in [4.78, 5) is 31.5. The van der Waals surface area contributed by atoms with Crippen molar-refractivity contribution in [3.8, 4) is 0 Å². The third-order valence-electron chi connectivity index (χ3n) is 6.77. The van der Waals surface area contributed by atoms with Crippen LogP contribution < -0.4 is 10.2 Å². The number of piperazine rings is 1. The Balaban J connectivity index is 1.21. The molecule has 1 atom stereocenters. The van der Waals surface area contributed by atoms with E-state index in [0.29, 0.717) is 24.4 Å². The Morgan fingerprint density at radius 3 is 2.50 bits per heavy atom. The first kappa shape index (κ1) is 21.1. The lowest BCUT2D eigenvalue weighted by Gasteiger charge is -2.36. The van der Waals surface area contributed by atoms with Crippen LogP contribution in [-0.4, -0.2) is 58.8 Å². The van der Waals surface area contributed by atoms with Crippen molar-refractivity contribution in [1.82, 2.24) is 15.1 Å². The zero-order valence-corrected chi connectivity index (χ0v) is 19.2. The summed E-state index contributed by atoms with van der Waals surface area (Å²) >= 11 is 5.68. The molecule has 0 spiro atoms. The Morgan fingerprint density at radius 1 is 1.03 bits per heavy atom. The summed E-state index contributed by atoms with van der Waals surface area (Å²) in [7, 11) is 0. The third-order valence-corrected chi connectivity index (χ3v) is 7.22. The molecule has 2 aromatic rings. The van der Waals surface area contributed by atoms with Gasteiger partial charge in [0, 0.05) is 56.9 Å². The van der Waals surface area contributed by atoms with Crippen LogP contribution in [0.4, 0.5) is 5.69 Å². The molecule has 0 saturated carbocycles. The number of carbonyl (C=O) groups is 2. The van der Waals surface area contributed by atoms with Crippen molar-refractivity contribution in [2.75, 3.05) is 31.1 Å². The van der Waals surface area contributed by atoms with E-state index in [2.05, 4.69) is 64.5 Å². The van der Waals surface area contributed by atoms with Crippen LogP contribution in [0.3, 0.4) is 0 Å². The van der Waals surface area contributed by atoms with E-state index in [9.17, 15) is 9.59 Å². The Hall–Kier alpha value is -2.77. The number of hydrogen-bond acceptors (Lipinski definition) is 5. The monoisotopic (exact) mass is 448 g/mol. The van der Waals surface area contributed by atoms with Crippen molar-refractivity contribution < 1.29 is 9.59 Å². The smallest absolute Gasteiger partial charge is 0.249 e. The number of fused-ring (bicyclic) bond motifs is 1. The minimum Gasteiger partial charge on any atom is -0.369 e. The molecular formula is C25H28N4O2S. The quantitative estimate of drug-likeness (QED) is 0.573. The molecule has 1 unspecified atom stereocenters. The van der Waals surface area contributed by atoms with Crippen molar-refractivity contribution in [2.24, 2.45) is 0 Å². The lowest BCUT2D eigenvalue weighted by atomic mass is 10.0. The molecule has 3 aliphatic heterocycles. The molecule has 6 nitrogen and oxygen atoms in total. The van der Waals surface area contributed by atoms with Crippen molar-refractivity contribution in [2.45, 2.75) is 38.9 Å². The number of piperidine rings is 1. The van der Waals surface area contributed by atoms with Crippen LogP contribution in [0.1, 0.15) is 35.1 Å². The lowest BCUT2D eigenvalue weighted by Crippen LogP contribution is -2.52. The molecule has 2 saturated heterocycles. The van der Waals surface area contributed by atoms with Gasteiger partial charge in [-0.1, -0.05) is 48.1 Å². The molecule has 7 heteroatoms. The number of aryl methyl sites for hydroxylation is 1. The Kier molecular flexibility index (Phi) is 5.69. The number of benzene rings is 2. The van der Waals surface area contributed by atoms with Crippen molar-refractivity contribution in [3.63, 3.8) is 0 Å². The maximum Gasteiger partial charge on any atom is 0.249 e. The van der Waals surface area contributed by atoms with Crippen LogP contribution >= 0.6 is 12.2 Å². The van der Waals surface area contributed by atoms with Crippen LogP contribution in [0, 0.1) is 6.92 Å². The fourth-order valence-corrected chi connectivity index (χ4v) is 5.30. The fourth-order valence-electron chi connectivity index (χ4n) is 4.90. The molecule has 3 aliphatic rings. The van der Waals surface area contributed by atoms with Gasteiger partial charge in [-0.05, 0) is 36.6 Å². The van der Waals surface area contributed by atoms with Gasteiger partial charge in [0.2, 0.25) is 11.8 Å². The zero-order chi connectivity index (χ0) is 22.2. The molecule has 2 amide bonds. The molecule has 2 fully saturated rings. The highest BCUT2D eigenvalue weighted by Crippen LogP contribution is 2.29. The van der Waals surface area contributed by atoms with Crippen molar-refractivity contribution in [3.05, 3.63) is 64.7 Å². The van der Waals surface area contributed by atoms with Crippen molar-refractivity contribution >= 4 is 34.7 Å². The van der Waals surface area contributed by atoms with Crippen molar-refractivity contribution in [1.29, 1.82) is 0 Å². The molecule has 2 aromatic carbocycles. The number of nitrogens with zero attached hydrogens (tertiary/aromatic N) is 3. The number of imide groups is 1. The fraction of sp³-hybridized carbons (Fsp3) is 0.400. The van der Waals surface area contributed by atoms with Gasteiger partial charge in [-0.3, -0.25) is 19.8 Å². The highest BCUT2D eigenvalue weighted by Gasteiger charge is 2.37. The zero-order valence-electron chi connectivity index (χ0n) is 18.3. The van der Waals surface area contributed by atoms with Crippen LogP contribution in [0.2, 0.25) is 0 Å². The molecular weight excluding hydrogens is 420 g/mol. The van der Waals surface area contributed by atoms with Gasteiger partial charge in [-0.2, -0.15) is 0 Å². The lowest BCUT2D eigenvalue weighted by molar-refractivity contribution is -0.136. The summed E-state index contributed by atoms with van der Waals surface area (Å²) in [5.41, 5.74) is 6.09. The van der Waals surface area contributed by atoms with E-state index in [4.69, 9.17) is 12.2 Å².